The average molecular weight is 466 g/mol. The molecule has 0 atom stereocenters. The third kappa shape index (κ3) is 3.72. The third-order valence-electron chi connectivity index (χ3n) is 6.31. The first-order valence-electron chi connectivity index (χ1n) is 10.9. The molecule has 170 valence electrons. The van der Waals surface area contributed by atoms with E-state index in [0.29, 0.717) is 10.9 Å². The summed E-state index contributed by atoms with van der Waals surface area (Å²) in [6.07, 6.45) is 3.46. The predicted molar refractivity (Wildman–Crippen MR) is 122 cm³/mol. The van der Waals surface area contributed by atoms with Crippen LogP contribution >= 0.6 is 0 Å². The molecule has 3 heterocycles. The fourth-order valence-electron chi connectivity index (χ4n) is 4.57. The Hall–Kier alpha value is -3.46. The summed E-state index contributed by atoms with van der Waals surface area (Å²) in [5, 5.41) is 0.522. The second-order valence-corrected chi connectivity index (χ2v) is 10.4. The van der Waals surface area contributed by atoms with Gasteiger partial charge in [-0.15, -0.1) is 0 Å². The van der Waals surface area contributed by atoms with E-state index in [2.05, 4.69) is 0 Å². The number of carbonyl (C=O) groups excluding carboxylic acids is 3. The Kier molecular flexibility index (Phi) is 5.28. The largest absolute Gasteiger partial charge is 0.341 e. The van der Waals surface area contributed by atoms with Gasteiger partial charge in [0.25, 0.3) is 11.8 Å². The number of fused-ring (bicyclic) bond motifs is 2. The van der Waals surface area contributed by atoms with Crippen molar-refractivity contribution < 1.29 is 22.8 Å². The lowest BCUT2D eigenvalue weighted by molar-refractivity contribution is -0.130. The molecular formula is C24H23N3O5S. The van der Waals surface area contributed by atoms with E-state index in [9.17, 15) is 22.8 Å². The first-order chi connectivity index (χ1) is 15.9. The normalized spacial score (nSPS) is 16.1. The maximum atomic E-state index is 13.3. The van der Waals surface area contributed by atoms with E-state index in [-0.39, 0.29) is 35.0 Å². The van der Waals surface area contributed by atoms with Crippen molar-refractivity contribution in [1.82, 2.24) is 14.4 Å². The summed E-state index contributed by atoms with van der Waals surface area (Å²) >= 11 is 0. The molecule has 2 aliphatic rings. The molecule has 0 radical (unpaired) electrons. The molecule has 5 rings (SSSR count). The zero-order valence-electron chi connectivity index (χ0n) is 17.9. The zero-order chi connectivity index (χ0) is 23.2. The fraction of sp³-hybridized carbons (Fsp3) is 0.292. The van der Waals surface area contributed by atoms with Crippen LogP contribution in [0.1, 0.15) is 33.6 Å². The van der Waals surface area contributed by atoms with Gasteiger partial charge in [-0.05, 0) is 31.0 Å². The quantitative estimate of drug-likeness (QED) is 0.521. The molecule has 0 unspecified atom stereocenters. The van der Waals surface area contributed by atoms with Crippen molar-refractivity contribution >= 4 is 38.5 Å². The minimum absolute atomic E-state index is 0.0387. The molecule has 1 saturated heterocycles. The molecule has 1 fully saturated rings. The standard InChI is InChI=1S/C24H23N3O5S/c28-22(25-11-5-6-12-25)16-26-15-21(19-9-3-4-10-20(19)26)33(31,32)14-13-27-23(29)17-7-1-2-8-18(17)24(27)30/h1-4,7-10,15H,5-6,11-14,16H2. The second kappa shape index (κ2) is 8.15. The Labute approximate surface area is 191 Å². The molecule has 3 amide bonds. The van der Waals surface area contributed by atoms with E-state index in [1.165, 1.54) is 6.20 Å². The van der Waals surface area contributed by atoms with E-state index >= 15 is 0 Å². The summed E-state index contributed by atoms with van der Waals surface area (Å²) in [6, 6.07) is 13.5. The molecule has 0 N–H and O–H groups in total. The van der Waals surface area contributed by atoms with Gasteiger partial charge < -0.3 is 9.47 Å². The molecule has 0 aliphatic carbocycles. The number of carbonyl (C=O) groups is 3. The van der Waals surface area contributed by atoms with Crippen LogP contribution in [0.5, 0.6) is 0 Å². The molecule has 3 aromatic rings. The smallest absolute Gasteiger partial charge is 0.261 e. The molecule has 8 nitrogen and oxygen atoms in total. The van der Waals surface area contributed by atoms with E-state index in [1.807, 2.05) is 0 Å². The van der Waals surface area contributed by atoms with Gasteiger partial charge in [0.2, 0.25) is 5.91 Å². The van der Waals surface area contributed by atoms with Crippen LogP contribution in [0.4, 0.5) is 0 Å². The number of imide groups is 1. The number of sulfone groups is 1. The van der Waals surface area contributed by atoms with Crippen molar-refractivity contribution in [3.63, 3.8) is 0 Å². The van der Waals surface area contributed by atoms with Crippen molar-refractivity contribution in [2.24, 2.45) is 0 Å². The summed E-state index contributed by atoms with van der Waals surface area (Å²) in [6.45, 7) is 1.28. The Morgan fingerprint density at radius 3 is 2.15 bits per heavy atom. The van der Waals surface area contributed by atoms with Gasteiger partial charge in [-0.25, -0.2) is 8.42 Å². The first-order valence-corrected chi connectivity index (χ1v) is 12.6. The van der Waals surface area contributed by atoms with Crippen LogP contribution < -0.4 is 0 Å². The lowest BCUT2D eigenvalue weighted by atomic mass is 10.1. The Morgan fingerprint density at radius 1 is 0.879 bits per heavy atom. The second-order valence-electron chi connectivity index (χ2n) is 8.35. The van der Waals surface area contributed by atoms with E-state index < -0.39 is 27.4 Å². The van der Waals surface area contributed by atoms with Gasteiger partial charge in [-0.1, -0.05) is 30.3 Å². The molecule has 1 aromatic heterocycles. The number of likely N-dealkylation sites (tertiary alicyclic amines) is 1. The Morgan fingerprint density at radius 2 is 1.48 bits per heavy atom. The highest BCUT2D eigenvalue weighted by atomic mass is 32.2. The molecule has 0 bridgehead atoms. The molecule has 2 aliphatic heterocycles. The van der Waals surface area contributed by atoms with Crippen LogP contribution in [0.3, 0.4) is 0 Å². The number of hydrogen-bond acceptors (Lipinski definition) is 5. The van der Waals surface area contributed by atoms with E-state index in [1.54, 1.807) is 58.0 Å². The summed E-state index contributed by atoms with van der Waals surface area (Å²) < 4.78 is 28.2. The minimum Gasteiger partial charge on any atom is -0.341 e. The number of aromatic nitrogens is 1. The third-order valence-corrected chi connectivity index (χ3v) is 8.03. The zero-order valence-corrected chi connectivity index (χ0v) is 18.8. The fourth-order valence-corrected chi connectivity index (χ4v) is 6.01. The average Bonchev–Trinajstić information content (AvgIpc) is 3.52. The van der Waals surface area contributed by atoms with Gasteiger partial charge in [-0.3, -0.25) is 19.3 Å². The topological polar surface area (TPSA) is 96.8 Å². The van der Waals surface area contributed by atoms with Crippen LogP contribution in [-0.4, -0.2) is 65.9 Å². The van der Waals surface area contributed by atoms with Crippen molar-refractivity contribution in [1.29, 1.82) is 0 Å². The number of nitrogens with zero attached hydrogens (tertiary/aromatic N) is 3. The van der Waals surface area contributed by atoms with Gasteiger partial charge in [-0.2, -0.15) is 0 Å². The van der Waals surface area contributed by atoms with Crippen molar-refractivity contribution in [2.75, 3.05) is 25.4 Å². The number of rotatable bonds is 6. The van der Waals surface area contributed by atoms with Gasteiger partial charge in [0.15, 0.2) is 9.84 Å². The molecule has 0 saturated carbocycles. The maximum absolute atomic E-state index is 13.3. The van der Waals surface area contributed by atoms with Gasteiger partial charge in [0.1, 0.15) is 6.54 Å². The van der Waals surface area contributed by atoms with Crippen LogP contribution in [0.25, 0.3) is 10.9 Å². The number of amides is 3. The van der Waals surface area contributed by atoms with Crippen LogP contribution in [-0.2, 0) is 21.2 Å². The monoisotopic (exact) mass is 465 g/mol. The summed E-state index contributed by atoms with van der Waals surface area (Å²) in [4.78, 5) is 40.7. The SMILES string of the molecule is O=C(Cn1cc(S(=O)(=O)CCN2C(=O)c3ccccc3C2=O)c2ccccc21)N1CCCC1. The minimum atomic E-state index is -3.83. The number of benzene rings is 2. The molecule has 33 heavy (non-hydrogen) atoms. The molecule has 9 heteroatoms. The molecule has 0 spiro atoms. The van der Waals surface area contributed by atoms with E-state index in [4.69, 9.17) is 0 Å². The van der Waals surface area contributed by atoms with Crippen molar-refractivity contribution in [3.05, 3.63) is 65.9 Å². The van der Waals surface area contributed by atoms with E-state index in [0.717, 1.165) is 30.8 Å². The van der Waals surface area contributed by atoms with Gasteiger partial charge in [0.05, 0.1) is 21.8 Å². The van der Waals surface area contributed by atoms with Gasteiger partial charge in [0, 0.05) is 36.7 Å². The van der Waals surface area contributed by atoms with Crippen molar-refractivity contribution in [2.45, 2.75) is 24.3 Å². The Bertz CT molecular complexity index is 1350. The lowest BCUT2D eigenvalue weighted by Gasteiger charge is -2.16. The summed E-state index contributed by atoms with van der Waals surface area (Å²) in [5.74, 6) is -1.40. The molecule has 2 aromatic carbocycles. The molecular weight excluding hydrogens is 442 g/mol. The Balaban J connectivity index is 1.40. The maximum Gasteiger partial charge on any atom is 0.261 e. The van der Waals surface area contributed by atoms with Crippen LogP contribution in [0.2, 0.25) is 0 Å². The highest BCUT2D eigenvalue weighted by Crippen LogP contribution is 2.28. The highest BCUT2D eigenvalue weighted by Gasteiger charge is 2.36. The number of hydrogen-bond donors (Lipinski definition) is 0. The lowest BCUT2D eigenvalue weighted by Crippen LogP contribution is -2.34. The summed E-state index contributed by atoms with van der Waals surface area (Å²) in [5.41, 5.74) is 1.23. The van der Waals surface area contributed by atoms with Crippen molar-refractivity contribution in [3.8, 4) is 0 Å². The van der Waals surface area contributed by atoms with Gasteiger partial charge >= 0.3 is 0 Å². The van der Waals surface area contributed by atoms with Crippen LogP contribution in [0.15, 0.2) is 59.6 Å². The first kappa shape index (κ1) is 21.4. The highest BCUT2D eigenvalue weighted by molar-refractivity contribution is 7.91. The predicted octanol–water partition coefficient (Wildman–Crippen LogP) is 2.33. The van der Waals surface area contributed by atoms with Crippen LogP contribution in [0, 0.1) is 0 Å². The summed E-state index contributed by atoms with van der Waals surface area (Å²) in [7, 11) is -3.83. The number of para-hydroxylation sites is 1.